The molecule has 0 fully saturated rings. The number of esters is 2. The molecule has 0 radical (unpaired) electrons. The van der Waals surface area contributed by atoms with Crippen molar-refractivity contribution in [3.63, 3.8) is 0 Å². The molecule has 162 valence electrons. The van der Waals surface area contributed by atoms with E-state index in [-0.39, 0.29) is 42.4 Å². The minimum atomic E-state index is -0.686. The van der Waals surface area contributed by atoms with Gasteiger partial charge in [0.05, 0.1) is 37.2 Å². The molecule has 3 N–H and O–H groups in total. The summed E-state index contributed by atoms with van der Waals surface area (Å²) in [6.07, 6.45) is 1.53. The average Bonchev–Trinajstić information content (AvgIpc) is 2.78. The predicted molar refractivity (Wildman–Crippen MR) is 111 cm³/mol. The van der Waals surface area contributed by atoms with Gasteiger partial charge in [0.25, 0.3) is 0 Å². The Kier molecular flexibility index (Phi) is 7.05. The molecule has 2 heterocycles. The molecule has 0 saturated heterocycles. The summed E-state index contributed by atoms with van der Waals surface area (Å²) in [6, 6.07) is 9.83. The van der Waals surface area contributed by atoms with Crippen LogP contribution in [0.1, 0.15) is 17.3 Å². The van der Waals surface area contributed by atoms with Crippen molar-refractivity contribution >= 4 is 29.5 Å². The Morgan fingerprint density at radius 3 is 2.71 bits per heavy atom. The van der Waals surface area contributed by atoms with Gasteiger partial charge in [0, 0.05) is 6.20 Å². The molecule has 0 bridgehead atoms. The van der Waals surface area contributed by atoms with E-state index in [0.29, 0.717) is 11.4 Å². The van der Waals surface area contributed by atoms with Gasteiger partial charge in [0.15, 0.2) is 0 Å². The molecule has 3 rings (SSSR count). The van der Waals surface area contributed by atoms with Crippen LogP contribution in [0.25, 0.3) is 0 Å². The number of amides is 2. The molecule has 0 spiro atoms. The van der Waals surface area contributed by atoms with E-state index in [4.69, 9.17) is 14.2 Å². The van der Waals surface area contributed by atoms with E-state index >= 15 is 0 Å². The maximum atomic E-state index is 12.7. The van der Waals surface area contributed by atoms with Gasteiger partial charge in [-0.05, 0) is 31.2 Å². The minimum absolute atomic E-state index is 0.0228. The Bertz CT molecular complexity index is 1020. The molecule has 0 atom stereocenters. The Labute approximate surface area is 178 Å². The van der Waals surface area contributed by atoms with E-state index in [9.17, 15) is 14.4 Å². The highest BCUT2D eigenvalue weighted by molar-refractivity contribution is 5.96. The maximum Gasteiger partial charge on any atom is 0.342 e. The third-order valence-corrected chi connectivity index (χ3v) is 4.31. The fraction of sp³-hybridized carbons (Fsp3) is 0.238. The molecule has 10 heteroatoms. The number of carbonyl (C=O) groups excluding carboxylic acids is 3. The molecule has 0 aliphatic carbocycles. The van der Waals surface area contributed by atoms with Gasteiger partial charge >= 0.3 is 18.0 Å². The van der Waals surface area contributed by atoms with Crippen LogP contribution in [-0.2, 0) is 14.3 Å². The van der Waals surface area contributed by atoms with E-state index in [0.717, 1.165) is 0 Å². The van der Waals surface area contributed by atoms with Crippen molar-refractivity contribution in [1.29, 1.82) is 0 Å². The van der Waals surface area contributed by atoms with Gasteiger partial charge in [-0.3, -0.25) is 0 Å². The van der Waals surface area contributed by atoms with Crippen molar-refractivity contribution in [2.75, 3.05) is 32.2 Å². The summed E-state index contributed by atoms with van der Waals surface area (Å²) >= 11 is 0. The van der Waals surface area contributed by atoms with E-state index in [1.165, 1.54) is 13.3 Å². The number of urea groups is 1. The Morgan fingerprint density at radius 2 is 1.94 bits per heavy atom. The van der Waals surface area contributed by atoms with Crippen molar-refractivity contribution in [3.8, 4) is 5.75 Å². The number of nitrogens with zero attached hydrogens (tertiary/aromatic N) is 1. The van der Waals surface area contributed by atoms with Crippen LogP contribution in [0.5, 0.6) is 5.75 Å². The molecule has 10 nitrogen and oxygen atoms in total. The number of nitrogens with one attached hydrogen (secondary N) is 3. The topological polar surface area (TPSA) is 128 Å². The van der Waals surface area contributed by atoms with Crippen LogP contribution in [0.3, 0.4) is 0 Å². The number of hydrogen-bond donors (Lipinski definition) is 3. The average molecular weight is 426 g/mol. The number of para-hydroxylation sites is 2. The molecule has 0 saturated carbocycles. The largest absolute Gasteiger partial charge is 0.495 e. The number of aromatic nitrogens is 1. The van der Waals surface area contributed by atoms with Gasteiger partial charge in [-0.1, -0.05) is 12.1 Å². The first kappa shape index (κ1) is 21.6. The fourth-order valence-electron chi connectivity index (χ4n) is 2.83. The quantitative estimate of drug-likeness (QED) is 0.548. The SMILES string of the molecule is CCOC(=O)C1=C(COC(=O)c2cccnc2Nc2ccccc2OC)NC(=O)NC1. The third kappa shape index (κ3) is 5.30. The number of methoxy groups -OCH3 is 1. The van der Waals surface area contributed by atoms with E-state index in [2.05, 4.69) is 20.9 Å². The second-order valence-electron chi connectivity index (χ2n) is 6.29. The predicted octanol–water partition coefficient (Wildman–Crippen LogP) is 2.12. The van der Waals surface area contributed by atoms with Crippen molar-refractivity contribution in [2.24, 2.45) is 0 Å². The van der Waals surface area contributed by atoms with Gasteiger partial charge in [0.1, 0.15) is 23.7 Å². The zero-order valence-corrected chi connectivity index (χ0v) is 17.1. The summed E-state index contributed by atoms with van der Waals surface area (Å²) in [7, 11) is 1.54. The summed E-state index contributed by atoms with van der Waals surface area (Å²) in [4.78, 5) is 40.7. The van der Waals surface area contributed by atoms with Gasteiger partial charge < -0.3 is 30.2 Å². The molecule has 2 aromatic rings. The highest BCUT2D eigenvalue weighted by Gasteiger charge is 2.25. The number of rotatable bonds is 8. The normalized spacial score (nSPS) is 13.0. The third-order valence-electron chi connectivity index (χ3n) is 4.31. The Morgan fingerprint density at radius 1 is 1.13 bits per heavy atom. The molecular weight excluding hydrogens is 404 g/mol. The van der Waals surface area contributed by atoms with E-state index in [1.807, 2.05) is 12.1 Å². The van der Waals surface area contributed by atoms with Crippen molar-refractivity contribution < 1.29 is 28.6 Å². The van der Waals surface area contributed by atoms with Gasteiger partial charge in [0.2, 0.25) is 0 Å². The van der Waals surface area contributed by atoms with Crippen molar-refractivity contribution in [1.82, 2.24) is 15.6 Å². The van der Waals surface area contributed by atoms with Gasteiger partial charge in [-0.25, -0.2) is 19.4 Å². The monoisotopic (exact) mass is 426 g/mol. The zero-order chi connectivity index (χ0) is 22.2. The highest BCUT2D eigenvalue weighted by Crippen LogP contribution is 2.27. The lowest BCUT2D eigenvalue weighted by Crippen LogP contribution is -2.45. The Balaban J connectivity index is 1.78. The van der Waals surface area contributed by atoms with E-state index < -0.39 is 18.0 Å². The number of hydrogen-bond acceptors (Lipinski definition) is 8. The number of carbonyl (C=O) groups is 3. The van der Waals surface area contributed by atoms with Crippen LogP contribution in [-0.4, -0.2) is 49.8 Å². The van der Waals surface area contributed by atoms with Crippen LogP contribution < -0.4 is 20.7 Å². The summed E-state index contributed by atoms with van der Waals surface area (Å²) in [5.74, 6) is -0.435. The van der Waals surface area contributed by atoms with Gasteiger partial charge in [-0.15, -0.1) is 0 Å². The number of pyridine rings is 1. The lowest BCUT2D eigenvalue weighted by atomic mass is 10.1. The van der Waals surface area contributed by atoms with Crippen LogP contribution in [0.4, 0.5) is 16.3 Å². The molecule has 1 aromatic heterocycles. The standard InChI is InChI=1S/C21H22N4O6/c1-3-30-20(27)14-11-23-21(28)25-16(14)12-31-19(26)13-7-6-10-22-18(13)24-15-8-4-5-9-17(15)29-2/h4-10H,3,11-12H2,1-2H3,(H,22,24)(H2,23,25,28). The second kappa shape index (κ2) is 10.1. The van der Waals surface area contributed by atoms with Crippen LogP contribution in [0, 0.1) is 0 Å². The lowest BCUT2D eigenvalue weighted by Gasteiger charge is -2.21. The molecule has 2 amide bonds. The number of benzene rings is 1. The first-order chi connectivity index (χ1) is 15.0. The van der Waals surface area contributed by atoms with Crippen LogP contribution >= 0.6 is 0 Å². The molecule has 0 unspecified atom stereocenters. The summed E-state index contributed by atoms with van der Waals surface area (Å²) in [5.41, 5.74) is 1.15. The molecule has 1 aromatic carbocycles. The number of anilines is 2. The lowest BCUT2D eigenvalue weighted by molar-refractivity contribution is -0.138. The number of ether oxygens (including phenoxy) is 3. The first-order valence-corrected chi connectivity index (χ1v) is 9.49. The molecule has 1 aliphatic rings. The molecule has 31 heavy (non-hydrogen) atoms. The minimum Gasteiger partial charge on any atom is -0.495 e. The fourth-order valence-corrected chi connectivity index (χ4v) is 2.83. The van der Waals surface area contributed by atoms with Gasteiger partial charge in [-0.2, -0.15) is 0 Å². The van der Waals surface area contributed by atoms with Crippen molar-refractivity contribution in [3.05, 3.63) is 59.4 Å². The maximum absolute atomic E-state index is 12.7. The zero-order valence-electron chi connectivity index (χ0n) is 17.1. The summed E-state index contributed by atoms with van der Waals surface area (Å²) in [6.45, 7) is 1.51. The van der Waals surface area contributed by atoms with Crippen LogP contribution in [0.15, 0.2) is 53.9 Å². The van der Waals surface area contributed by atoms with Crippen LogP contribution in [0.2, 0.25) is 0 Å². The summed E-state index contributed by atoms with van der Waals surface area (Å²) < 4.78 is 15.6. The van der Waals surface area contributed by atoms with E-state index in [1.54, 1.807) is 31.2 Å². The highest BCUT2D eigenvalue weighted by atomic mass is 16.5. The molecular formula is C21H22N4O6. The second-order valence-corrected chi connectivity index (χ2v) is 6.29. The molecule has 1 aliphatic heterocycles. The first-order valence-electron chi connectivity index (χ1n) is 9.49. The smallest absolute Gasteiger partial charge is 0.342 e. The summed E-state index contributed by atoms with van der Waals surface area (Å²) in [5, 5.41) is 8.03. The van der Waals surface area contributed by atoms with Crippen molar-refractivity contribution in [2.45, 2.75) is 6.92 Å². The Hall–Kier alpha value is -4.08.